The minimum absolute atomic E-state index is 0.0733. The number of hydrogen-bond acceptors (Lipinski definition) is 11. The van der Waals surface area contributed by atoms with Gasteiger partial charge in [-0.2, -0.15) is 0 Å². The van der Waals surface area contributed by atoms with Crippen molar-refractivity contribution in [3.8, 4) is 0 Å². The Morgan fingerprint density at radius 1 is 0.904 bits per heavy atom. The zero-order valence-corrected chi connectivity index (χ0v) is 33.6. The van der Waals surface area contributed by atoms with E-state index in [1.165, 1.54) is 6.08 Å². The minimum Gasteiger partial charge on any atom is -0.507 e. The molecule has 2 unspecified atom stereocenters. The number of aliphatic hydroxyl groups excluding tert-OH is 1. The molecule has 2 fully saturated rings. The molecule has 0 radical (unpaired) electrons. The van der Waals surface area contributed by atoms with Crippen molar-refractivity contribution in [1.29, 1.82) is 0 Å². The van der Waals surface area contributed by atoms with Gasteiger partial charge >= 0.3 is 18.0 Å². The van der Waals surface area contributed by atoms with Crippen LogP contribution in [0.5, 0.6) is 0 Å². The van der Waals surface area contributed by atoms with E-state index in [0.29, 0.717) is 66.7 Å². The summed E-state index contributed by atoms with van der Waals surface area (Å²) in [7, 11) is 0. The molecule has 52 heavy (non-hydrogen) atoms. The maximum absolute atomic E-state index is 12.7. The predicted octanol–water partition coefficient (Wildman–Crippen LogP) is 8.10. The number of hydrogen-bond donors (Lipinski definition) is 2. The molecular weight excluding hydrogens is 851 g/mol. The van der Waals surface area contributed by atoms with Gasteiger partial charge in [0.05, 0.1) is 13.2 Å². The van der Waals surface area contributed by atoms with Gasteiger partial charge in [0.25, 0.3) is 0 Å². The van der Waals surface area contributed by atoms with E-state index < -0.39 is 29.2 Å². The summed E-state index contributed by atoms with van der Waals surface area (Å²) < 4.78 is 29.2. The van der Waals surface area contributed by atoms with Gasteiger partial charge in [0, 0.05) is 56.4 Å². The molecule has 0 saturated carbocycles. The van der Waals surface area contributed by atoms with Crippen LogP contribution >= 0.6 is 55.1 Å². The van der Waals surface area contributed by atoms with Crippen molar-refractivity contribution in [2.24, 2.45) is 4.99 Å². The Bertz CT molecular complexity index is 1830. The fourth-order valence-corrected chi connectivity index (χ4v) is 7.38. The Labute approximate surface area is 328 Å². The summed E-state index contributed by atoms with van der Waals surface area (Å²) in [5.74, 6) is -1.03. The van der Waals surface area contributed by atoms with Crippen molar-refractivity contribution in [3.05, 3.63) is 77.0 Å². The fraction of sp³-hybridized carbons (Fsp3) is 0.444. The molecule has 4 heterocycles. The van der Waals surface area contributed by atoms with Gasteiger partial charge in [-0.1, -0.05) is 55.1 Å². The van der Waals surface area contributed by atoms with E-state index in [9.17, 15) is 19.5 Å². The maximum atomic E-state index is 12.7. The molecule has 2 aromatic rings. The number of ether oxygens (including phenoxy) is 5. The lowest BCUT2D eigenvalue weighted by Gasteiger charge is -2.33. The second kappa shape index (κ2) is 18.2. The van der Waals surface area contributed by atoms with E-state index in [1.54, 1.807) is 38.1 Å². The topological polar surface area (TPSA) is 159 Å². The number of aliphatic hydroxyl groups is 1. The molecule has 2 atom stereocenters. The molecular formula is C36H38Br2Cl2N2O10. The number of isocyanates is 1. The second-order valence-electron chi connectivity index (χ2n) is 12.2. The monoisotopic (exact) mass is 886 g/mol. The smallest absolute Gasteiger partial charge is 0.412 e. The van der Waals surface area contributed by atoms with Crippen LogP contribution in [-0.2, 0) is 38.1 Å². The number of esters is 2. The van der Waals surface area contributed by atoms with E-state index in [-0.39, 0.29) is 35.9 Å². The van der Waals surface area contributed by atoms with Crippen LogP contribution in [0.15, 0.2) is 49.7 Å². The summed E-state index contributed by atoms with van der Waals surface area (Å²) in [5, 5.41) is 13.9. The van der Waals surface area contributed by atoms with Crippen LogP contribution in [0.2, 0.25) is 10.0 Å². The van der Waals surface area contributed by atoms with Gasteiger partial charge in [0.15, 0.2) is 22.7 Å². The van der Waals surface area contributed by atoms with Crippen molar-refractivity contribution in [3.63, 3.8) is 0 Å². The molecule has 12 nitrogen and oxygen atoms in total. The number of nitrogens with one attached hydrogen (secondary N) is 1. The second-order valence-corrected chi connectivity index (χ2v) is 14.7. The zero-order chi connectivity index (χ0) is 38.2. The Balaban J connectivity index is 0.000000209. The maximum Gasteiger partial charge on any atom is 0.412 e. The van der Waals surface area contributed by atoms with Crippen LogP contribution in [-0.4, -0.2) is 79.9 Å². The normalized spacial score (nSPS) is 22.2. The molecule has 2 N–H and O–H groups in total. The average Bonchev–Trinajstić information content (AvgIpc) is 3.49. The number of alkyl carbamates (subject to hydrolysis) is 1. The summed E-state index contributed by atoms with van der Waals surface area (Å²) in [6.07, 6.45) is 3.25. The van der Waals surface area contributed by atoms with E-state index >= 15 is 0 Å². The van der Waals surface area contributed by atoms with Crippen molar-refractivity contribution < 1.29 is 48.0 Å². The molecule has 1 amide bonds. The Morgan fingerprint density at radius 2 is 1.40 bits per heavy atom. The zero-order valence-electron chi connectivity index (χ0n) is 29.0. The first kappa shape index (κ1) is 41.5. The van der Waals surface area contributed by atoms with Crippen LogP contribution < -0.4 is 5.32 Å². The molecule has 2 aromatic carbocycles. The van der Waals surface area contributed by atoms with Gasteiger partial charge in [-0.15, -0.1) is 0 Å². The summed E-state index contributed by atoms with van der Waals surface area (Å²) >= 11 is 19.4. The highest BCUT2D eigenvalue weighted by atomic mass is 79.9. The van der Waals surface area contributed by atoms with Crippen molar-refractivity contribution in [2.45, 2.75) is 64.6 Å². The van der Waals surface area contributed by atoms with E-state index in [2.05, 4.69) is 42.2 Å². The quantitative estimate of drug-likeness (QED) is 0.130. The Kier molecular flexibility index (Phi) is 14.5. The first-order chi connectivity index (χ1) is 24.7. The SMILES string of the molecule is CCN=C=O.CCNC(=O)OC1=C(c2cc(C)c(Br)cc2Cl)C(=O)OC12CCCOC2.Cc1cc(C2=C(O)C3(CCCOC3)OC2=O)c(Cl)cc1Br. The number of halogens is 4. The number of aliphatic imine (C=N–C) groups is 1. The lowest BCUT2D eigenvalue weighted by Crippen LogP contribution is -2.43. The Hall–Kier alpha value is -3.23. The Morgan fingerprint density at radius 3 is 1.87 bits per heavy atom. The third-order valence-corrected chi connectivity index (χ3v) is 10.8. The molecule has 0 aliphatic carbocycles. The molecule has 4 aliphatic heterocycles. The fourth-order valence-electron chi connectivity index (χ4n) is 5.91. The molecule has 0 bridgehead atoms. The number of carbonyl (C=O) groups excluding carboxylic acids is 4. The highest BCUT2D eigenvalue weighted by Crippen LogP contribution is 2.46. The summed E-state index contributed by atoms with van der Waals surface area (Å²) in [6, 6.07) is 6.95. The molecule has 2 spiro atoms. The highest BCUT2D eigenvalue weighted by molar-refractivity contribution is 9.10. The third kappa shape index (κ3) is 9.10. The van der Waals surface area contributed by atoms with Crippen molar-refractivity contribution in [1.82, 2.24) is 5.32 Å². The summed E-state index contributed by atoms with van der Waals surface area (Å²) in [4.78, 5) is 49.3. The van der Waals surface area contributed by atoms with Crippen LogP contribution in [0.25, 0.3) is 11.1 Å². The number of aryl methyl sites for hydroxylation is 2. The summed E-state index contributed by atoms with van der Waals surface area (Å²) in [5.41, 5.74) is 0.936. The van der Waals surface area contributed by atoms with Gasteiger partial charge in [-0.25, -0.2) is 24.2 Å². The highest BCUT2D eigenvalue weighted by Gasteiger charge is 2.53. The van der Waals surface area contributed by atoms with Gasteiger partial charge in [-0.3, -0.25) is 0 Å². The van der Waals surface area contributed by atoms with Gasteiger partial charge in [0.2, 0.25) is 6.08 Å². The van der Waals surface area contributed by atoms with Gasteiger partial charge in [0.1, 0.15) is 11.1 Å². The molecule has 6 rings (SSSR count). The average molecular weight is 889 g/mol. The lowest BCUT2D eigenvalue weighted by molar-refractivity contribution is -0.159. The van der Waals surface area contributed by atoms with Crippen LogP contribution in [0.4, 0.5) is 4.79 Å². The lowest BCUT2D eigenvalue weighted by atomic mass is 9.91. The molecule has 2 saturated heterocycles. The van der Waals surface area contributed by atoms with Crippen molar-refractivity contribution >= 4 is 90.3 Å². The predicted molar refractivity (Wildman–Crippen MR) is 201 cm³/mol. The van der Waals surface area contributed by atoms with Gasteiger partial charge in [-0.05, 0) is 88.8 Å². The van der Waals surface area contributed by atoms with Crippen LogP contribution in [0.3, 0.4) is 0 Å². The van der Waals surface area contributed by atoms with Crippen LogP contribution in [0, 0.1) is 13.8 Å². The standard InChI is InChI=1S/C18H19BrClNO5.C15H14BrClO4.C3H5NO/c1-3-21-17(23)25-15-14(11-7-10(2)12(19)8-13(11)20)16(22)26-18(15)5-4-6-24-9-18;1-8-5-9(11(17)6-10(8)16)12-13(18)15(21-14(12)19)3-2-4-20-7-15;1-2-4-3-5/h7-8H,3-6,9H2,1-2H3,(H,21,23);5-6,18H,2-4,7H2,1H3;2H2,1H3. The first-order valence-electron chi connectivity index (χ1n) is 16.5. The molecule has 0 aromatic heterocycles. The number of carbonyl (C=O) groups is 3. The largest absolute Gasteiger partial charge is 0.507 e. The molecule has 4 aliphatic rings. The van der Waals surface area contributed by atoms with Gasteiger partial charge < -0.3 is 34.1 Å². The molecule has 16 heteroatoms. The molecule has 280 valence electrons. The van der Waals surface area contributed by atoms with Crippen LogP contribution in [0.1, 0.15) is 61.8 Å². The van der Waals surface area contributed by atoms with E-state index in [1.807, 2.05) is 13.8 Å². The van der Waals surface area contributed by atoms with E-state index in [4.69, 9.17) is 51.7 Å². The number of benzene rings is 2. The third-order valence-electron chi connectivity index (χ3n) is 8.48. The number of amides is 1. The number of rotatable bonds is 5. The minimum atomic E-state index is -1.10. The first-order valence-corrected chi connectivity index (χ1v) is 18.8. The number of nitrogens with zero attached hydrogens (tertiary/aromatic N) is 1. The summed E-state index contributed by atoms with van der Waals surface area (Å²) in [6.45, 7) is 9.79. The van der Waals surface area contributed by atoms with Crippen molar-refractivity contribution in [2.75, 3.05) is 39.5 Å². The van der Waals surface area contributed by atoms with E-state index in [0.717, 1.165) is 26.5 Å².